The second kappa shape index (κ2) is 8.28. The molecule has 5 heteroatoms. The van der Waals surface area contributed by atoms with Crippen molar-refractivity contribution >= 4 is 39.5 Å². The molecular formula is C25H26N4S. The Bertz CT molecular complexity index is 1230. The van der Waals surface area contributed by atoms with E-state index in [9.17, 15) is 0 Å². The number of anilines is 2. The van der Waals surface area contributed by atoms with Crippen LogP contribution in [0.1, 0.15) is 28.1 Å². The van der Waals surface area contributed by atoms with E-state index in [0.29, 0.717) is 11.7 Å². The van der Waals surface area contributed by atoms with E-state index in [1.807, 2.05) is 11.6 Å². The first-order valence-electron chi connectivity index (χ1n) is 10.1. The van der Waals surface area contributed by atoms with E-state index >= 15 is 0 Å². The average molecular weight is 415 g/mol. The van der Waals surface area contributed by atoms with Crippen molar-refractivity contribution in [3.05, 3.63) is 88.7 Å². The number of hydrogen-bond acceptors (Lipinski definition) is 2. The van der Waals surface area contributed by atoms with Crippen LogP contribution in [0.4, 0.5) is 11.4 Å². The van der Waals surface area contributed by atoms with E-state index in [-0.39, 0.29) is 0 Å². The third kappa shape index (κ3) is 4.07. The second-order valence-corrected chi connectivity index (χ2v) is 8.15. The zero-order chi connectivity index (χ0) is 21.3. The molecular weight excluding hydrogens is 388 g/mol. The molecule has 1 aromatic heterocycles. The van der Waals surface area contributed by atoms with Crippen LogP contribution in [-0.2, 0) is 6.54 Å². The SMILES string of the molecule is Cc1ccc(NC(=S)Nc2c(C)nn(Cc3cccc4ccccc34)c2C)c(C)c1. The third-order valence-electron chi connectivity index (χ3n) is 5.45. The minimum atomic E-state index is 0.567. The number of fused-ring (bicyclic) bond motifs is 1. The van der Waals surface area contributed by atoms with Gasteiger partial charge in [-0.15, -0.1) is 0 Å². The predicted molar refractivity (Wildman–Crippen MR) is 131 cm³/mol. The van der Waals surface area contributed by atoms with Crippen molar-refractivity contribution in [1.82, 2.24) is 9.78 Å². The zero-order valence-corrected chi connectivity index (χ0v) is 18.6. The summed E-state index contributed by atoms with van der Waals surface area (Å²) in [6.07, 6.45) is 0. The number of rotatable bonds is 4. The molecule has 0 bridgehead atoms. The number of nitrogens with one attached hydrogen (secondary N) is 2. The van der Waals surface area contributed by atoms with Gasteiger partial charge in [-0.05, 0) is 67.9 Å². The fourth-order valence-electron chi connectivity index (χ4n) is 3.84. The van der Waals surface area contributed by atoms with E-state index < -0.39 is 0 Å². The van der Waals surface area contributed by atoms with Gasteiger partial charge in [0.05, 0.1) is 23.6 Å². The Hall–Kier alpha value is -3.18. The fourth-order valence-corrected chi connectivity index (χ4v) is 4.06. The number of aryl methyl sites for hydroxylation is 3. The van der Waals surface area contributed by atoms with Gasteiger partial charge < -0.3 is 10.6 Å². The van der Waals surface area contributed by atoms with Gasteiger partial charge in [0.2, 0.25) is 0 Å². The van der Waals surface area contributed by atoms with Crippen LogP contribution in [0.5, 0.6) is 0 Å². The van der Waals surface area contributed by atoms with Gasteiger partial charge in [-0.25, -0.2) is 0 Å². The fraction of sp³-hybridized carbons (Fsp3) is 0.200. The van der Waals surface area contributed by atoms with Gasteiger partial charge in [0.1, 0.15) is 0 Å². The summed E-state index contributed by atoms with van der Waals surface area (Å²) in [7, 11) is 0. The molecule has 4 aromatic rings. The lowest BCUT2D eigenvalue weighted by Gasteiger charge is -2.13. The number of aromatic nitrogens is 2. The highest BCUT2D eigenvalue weighted by atomic mass is 32.1. The molecule has 0 saturated carbocycles. The van der Waals surface area contributed by atoms with E-state index in [4.69, 9.17) is 17.3 Å². The molecule has 3 aromatic carbocycles. The smallest absolute Gasteiger partial charge is 0.175 e. The molecule has 2 N–H and O–H groups in total. The maximum absolute atomic E-state index is 5.57. The van der Waals surface area contributed by atoms with E-state index in [0.717, 1.165) is 22.8 Å². The second-order valence-electron chi connectivity index (χ2n) is 7.74. The van der Waals surface area contributed by atoms with Crippen LogP contribution in [-0.4, -0.2) is 14.9 Å². The Morgan fingerprint density at radius 2 is 1.70 bits per heavy atom. The summed E-state index contributed by atoms with van der Waals surface area (Å²) >= 11 is 5.57. The lowest BCUT2D eigenvalue weighted by Crippen LogP contribution is -2.20. The lowest BCUT2D eigenvalue weighted by atomic mass is 10.0. The molecule has 4 nitrogen and oxygen atoms in total. The Morgan fingerprint density at radius 1 is 0.933 bits per heavy atom. The molecule has 1 heterocycles. The Balaban J connectivity index is 1.55. The molecule has 0 aliphatic carbocycles. The predicted octanol–water partition coefficient (Wildman–Crippen LogP) is 6.13. The number of hydrogen-bond donors (Lipinski definition) is 2. The summed E-state index contributed by atoms with van der Waals surface area (Å²) in [6, 6.07) is 21.2. The highest BCUT2D eigenvalue weighted by molar-refractivity contribution is 7.80. The molecule has 0 fully saturated rings. The normalized spacial score (nSPS) is 10.9. The largest absolute Gasteiger partial charge is 0.332 e. The first kappa shape index (κ1) is 20.1. The summed E-state index contributed by atoms with van der Waals surface area (Å²) in [5.74, 6) is 0. The van der Waals surface area contributed by atoms with Crippen LogP contribution in [0.2, 0.25) is 0 Å². The topological polar surface area (TPSA) is 41.9 Å². The van der Waals surface area contributed by atoms with E-state index in [1.165, 1.54) is 27.5 Å². The summed E-state index contributed by atoms with van der Waals surface area (Å²) in [4.78, 5) is 0. The molecule has 0 spiro atoms. The maximum atomic E-state index is 5.57. The lowest BCUT2D eigenvalue weighted by molar-refractivity contribution is 0.662. The Morgan fingerprint density at radius 3 is 2.50 bits per heavy atom. The monoisotopic (exact) mass is 414 g/mol. The van der Waals surface area contributed by atoms with Crippen LogP contribution in [0.25, 0.3) is 10.8 Å². The first-order chi connectivity index (χ1) is 14.4. The molecule has 0 unspecified atom stereocenters. The quantitative estimate of drug-likeness (QED) is 0.394. The third-order valence-corrected chi connectivity index (χ3v) is 5.65. The average Bonchev–Trinajstić information content (AvgIpc) is 2.98. The number of benzene rings is 3. The van der Waals surface area contributed by atoms with Crippen LogP contribution >= 0.6 is 12.2 Å². The molecule has 30 heavy (non-hydrogen) atoms. The van der Waals surface area contributed by atoms with Crippen molar-refractivity contribution < 1.29 is 0 Å². The van der Waals surface area contributed by atoms with E-state index in [1.54, 1.807) is 0 Å². The minimum absolute atomic E-state index is 0.567. The summed E-state index contributed by atoms with van der Waals surface area (Å²) in [6.45, 7) is 8.97. The highest BCUT2D eigenvalue weighted by Crippen LogP contribution is 2.24. The van der Waals surface area contributed by atoms with Crippen LogP contribution in [0.15, 0.2) is 60.7 Å². The summed E-state index contributed by atoms with van der Waals surface area (Å²) < 4.78 is 2.04. The van der Waals surface area contributed by atoms with Gasteiger partial charge in [0, 0.05) is 5.69 Å². The summed E-state index contributed by atoms with van der Waals surface area (Å²) in [5.41, 5.74) is 7.61. The van der Waals surface area contributed by atoms with Gasteiger partial charge in [-0.2, -0.15) is 5.10 Å². The van der Waals surface area contributed by atoms with Gasteiger partial charge in [0.25, 0.3) is 0 Å². The van der Waals surface area contributed by atoms with Crippen molar-refractivity contribution in [2.45, 2.75) is 34.2 Å². The van der Waals surface area contributed by atoms with Crippen molar-refractivity contribution in [1.29, 1.82) is 0 Å². The molecule has 0 radical (unpaired) electrons. The van der Waals surface area contributed by atoms with Crippen LogP contribution in [0, 0.1) is 27.7 Å². The van der Waals surface area contributed by atoms with Crippen LogP contribution < -0.4 is 10.6 Å². The summed E-state index contributed by atoms with van der Waals surface area (Å²) in [5, 5.41) is 14.5. The molecule has 152 valence electrons. The molecule has 0 aliphatic rings. The van der Waals surface area contributed by atoms with Gasteiger partial charge >= 0.3 is 0 Å². The van der Waals surface area contributed by atoms with Crippen molar-refractivity contribution in [2.75, 3.05) is 10.6 Å². The minimum Gasteiger partial charge on any atom is -0.332 e. The van der Waals surface area contributed by atoms with Crippen molar-refractivity contribution in [3.63, 3.8) is 0 Å². The van der Waals surface area contributed by atoms with Gasteiger partial charge in [-0.3, -0.25) is 4.68 Å². The molecule has 0 saturated heterocycles. The van der Waals surface area contributed by atoms with Crippen molar-refractivity contribution in [2.24, 2.45) is 0 Å². The Kier molecular flexibility index (Phi) is 5.55. The van der Waals surface area contributed by atoms with E-state index in [2.05, 4.69) is 92.1 Å². The maximum Gasteiger partial charge on any atom is 0.175 e. The highest BCUT2D eigenvalue weighted by Gasteiger charge is 2.14. The number of nitrogens with zero attached hydrogens (tertiary/aromatic N) is 2. The molecule has 0 aliphatic heterocycles. The zero-order valence-electron chi connectivity index (χ0n) is 17.8. The first-order valence-corrected chi connectivity index (χ1v) is 10.5. The van der Waals surface area contributed by atoms with Gasteiger partial charge in [0.15, 0.2) is 5.11 Å². The molecule has 4 rings (SSSR count). The Labute approximate surface area is 182 Å². The molecule has 0 atom stereocenters. The van der Waals surface area contributed by atoms with Gasteiger partial charge in [-0.1, -0.05) is 60.2 Å². The van der Waals surface area contributed by atoms with Crippen LogP contribution in [0.3, 0.4) is 0 Å². The number of thiocarbonyl (C=S) groups is 1. The standard InChI is InChI=1S/C25H26N4S/c1-16-12-13-23(17(2)14-16)26-25(30)27-24-18(3)28-29(19(24)4)15-21-10-7-9-20-8-5-6-11-22(20)21/h5-14H,15H2,1-4H3,(H2,26,27,30). The van der Waals surface area contributed by atoms with Crippen molar-refractivity contribution in [3.8, 4) is 0 Å². The molecule has 0 amide bonds.